The molecule has 0 bridgehead atoms. The first-order valence-corrected chi connectivity index (χ1v) is 6.97. The smallest absolute Gasteiger partial charge is 0.303 e. The first-order valence-electron chi connectivity index (χ1n) is 6.97. The number of rotatable bonds is 3. The molecule has 2 unspecified atom stereocenters. The summed E-state index contributed by atoms with van der Waals surface area (Å²) >= 11 is 0. The molecule has 0 radical (unpaired) electrons. The third-order valence-corrected chi connectivity index (χ3v) is 4.60. The monoisotopic (exact) mass is 240 g/mol. The summed E-state index contributed by atoms with van der Waals surface area (Å²) < 4.78 is 6.04. The van der Waals surface area contributed by atoms with Crippen LogP contribution >= 0.6 is 0 Å². The molecule has 2 aliphatic rings. The van der Waals surface area contributed by atoms with Crippen LogP contribution in [0.5, 0.6) is 0 Å². The highest BCUT2D eigenvalue weighted by molar-refractivity contribution is 5.67. The van der Waals surface area contributed by atoms with Crippen molar-refractivity contribution < 1.29 is 14.6 Å². The Balaban J connectivity index is 1.93. The van der Waals surface area contributed by atoms with Crippen molar-refractivity contribution in [3.05, 3.63) is 0 Å². The van der Waals surface area contributed by atoms with Crippen molar-refractivity contribution in [2.75, 3.05) is 6.61 Å². The molecule has 98 valence electrons. The van der Waals surface area contributed by atoms with Crippen molar-refractivity contribution >= 4 is 5.97 Å². The molecule has 1 N–H and O–H groups in total. The van der Waals surface area contributed by atoms with Crippen LogP contribution in [0.3, 0.4) is 0 Å². The zero-order valence-corrected chi connectivity index (χ0v) is 10.8. The molecule has 1 aliphatic heterocycles. The fourth-order valence-electron chi connectivity index (χ4n) is 3.54. The van der Waals surface area contributed by atoms with Crippen LogP contribution < -0.4 is 0 Å². The van der Waals surface area contributed by atoms with Crippen molar-refractivity contribution in [3.8, 4) is 0 Å². The van der Waals surface area contributed by atoms with E-state index in [-0.39, 0.29) is 11.5 Å². The van der Waals surface area contributed by atoms with Gasteiger partial charge < -0.3 is 9.84 Å². The van der Waals surface area contributed by atoms with Gasteiger partial charge in [-0.3, -0.25) is 4.79 Å². The Morgan fingerprint density at radius 1 is 1.41 bits per heavy atom. The van der Waals surface area contributed by atoms with Gasteiger partial charge in [-0.2, -0.15) is 0 Å². The molecule has 3 heteroatoms. The van der Waals surface area contributed by atoms with E-state index in [0.717, 1.165) is 19.4 Å². The number of carbonyl (C=O) groups is 1. The molecular weight excluding hydrogens is 216 g/mol. The lowest BCUT2D eigenvalue weighted by Crippen LogP contribution is -2.43. The zero-order chi connectivity index (χ0) is 12.3. The molecule has 3 nitrogen and oxygen atoms in total. The van der Waals surface area contributed by atoms with Crippen LogP contribution in [0, 0.1) is 11.8 Å². The summed E-state index contributed by atoms with van der Waals surface area (Å²) in [6.45, 7) is 2.91. The molecule has 1 saturated carbocycles. The van der Waals surface area contributed by atoms with E-state index in [4.69, 9.17) is 9.84 Å². The highest BCUT2D eigenvalue weighted by atomic mass is 16.5. The minimum Gasteiger partial charge on any atom is -0.481 e. The van der Waals surface area contributed by atoms with Crippen molar-refractivity contribution in [1.29, 1.82) is 0 Å². The molecule has 2 atom stereocenters. The van der Waals surface area contributed by atoms with Gasteiger partial charge in [0.05, 0.1) is 5.60 Å². The molecule has 2 fully saturated rings. The predicted octanol–water partition coefficient (Wildman–Crippen LogP) is 3.23. The first-order chi connectivity index (χ1) is 8.11. The fraction of sp³-hybridized carbons (Fsp3) is 0.929. The van der Waals surface area contributed by atoms with Gasteiger partial charge in [-0.25, -0.2) is 0 Å². The number of hydrogen-bond donors (Lipinski definition) is 1. The Bertz CT molecular complexity index is 263. The fourth-order valence-corrected chi connectivity index (χ4v) is 3.54. The van der Waals surface area contributed by atoms with Crippen LogP contribution in [0.25, 0.3) is 0 Å². The van der Waals surface area contributed by atoms with Crippen molar-refractivity contribution in [3.63, 3.8) is 0 Å². The van der Waals surface area contributed by atoms with E-state index in [1.54, 1.807) is 0 Å². The predicted molar refractivity (Wildman–Crippen MR) is 65.9 cm³/mol. The Morgan fingerprint density at radius 2 is 2.12 bits per heavy atom. The van der Waals surface area contributed by atoms with E-state index in [9.17, 15) is 4.79 Å². The SMILES string of the molecule is CC(CC(=O)O)C1CCOC2(CCCCC2)C1. The number of carboxylic acids is 1. The summed E-state index contributed by atoms with van der Waals surface area (Å²) in [5, 5.41) is 8.89. The highest BCUT2D eigenvalue weighted by Crippen LogP contribution is 2.43. The van der Waals surface area contributed by atoms with Crippen molar-refractivity contribution in [1.82, 2.24) is 0 Å². The van der Waals surface area contributed by atoms with Crippen LogP contribution in [0.15, 0.2) is 0 Å². The van der Waals surface area contributed by atoms with Gasteiger partial charge in [0.15, 0.2) is 0 Å². The van der Waals surface area contributed by atoms with Crippen LogP contribution in [0.1, 0.15) is 58.3 Å². The van der Waals surface area contributed by atoms with Crippen molar-refractivity contribution in [2.45, 2.75) is 63.9 Å². The van der Waals surface area contributed by atoms with E-state index in [2.05, 4.69) is 6.92 Å². The molecule has 0 aromatic carbocycles. The standard InChI is InChI=1S/C14H24O3/c1-11(9-13(15)16)12-5-8-17-14(10-12)6-3-2-4-7-14/h11-12H,2-10H2,1H3,(H,15,16). The number of hydrogen-bond acceptors (Lipinski definition) is 2. The average molecular weight is 240 g/mol. The molecule has 17 heavy (non-hydrogen) atoms. The Labute approximate surface area is 104 Å². The summed E-state index contributed by atoms with van der Waals surface area (Å²) in [5.41, 5.74) is 0.105. The van der Waals surface area contributed by atoms with Gasteiger partial charge in [0.2, 0.25) is 0 Å². The van der Waals surface area contributed by atoms with Gasteiger partial charge in [-0.15, -0.1) is 0 Å². The lowest BCUT2D eigenvalue weighted by Gasteiger charge is -2.45. The Kier molecular flexibility index (Phi) is 4.08. The largest absolute Gasteiger partial charge is 0.481 e. The number of aliphatic carboxylic acids is 1. The third-order valence-electron chi connectivity index (χ3n) is 4.60. The third kappa shape index (κ3) is 3.21. The quantitative estimate of drug-likeness (QED) is 0.823. The lowest BCUT2D eigenvalue weighted by molar-refractivity contribution is -0.142. The summed E-state index contributed by atoms with van der Waals surface area (Å²) in [6, 6.07) is 0. The second-order valence-electron chi connectivity index (χ2n) is 5.92. The van der Waals surface area contributed by atoms with Crippen LogP contribution in [-0.4, -0.2) is 23.3 Å². The Morgan fingerprint density at radius 3 is 2.76 bits per heavy atom. The zero-order valence-electron chi connectivity index (χ0n) is 10.8. The Hall–Kier alpha value is -0.570. The van der Waals surface area contributed by atoms with Gasteiger partial charge in [-0.1, -0.05) is 26.2 Å². The maximum Gasteiger partial charge on any atom is 0.303 e. The minimum absolute atomic E-state index is 0.105. The lowest BCUT2D eigenvalue weighted by atomic mass is 9.72. The normalized spacial score (nSPS) is 30.1. The molecule has 0 aromatic heterocycles. The minimum atomic E-state index is -0.665. The average Bonchev–Trinajstić information content (AvgIpc) is 2.29. The summed E-state index contributed by atoms with van der Waals surface area (Å²) in [5.74, 6) is 0.162. The highest BCUT2D eigenvalue weighted by Gasteiger charge is 2.40. The second-order valence-corrected chi connectivity index (χ2v) is 5.92. The van der Waals surface area contributed by atoms with Crippen LogP contribution in [0.4, 0.5) is 0 Å². The summed E-state index contributed by atoms with van der Waals surface area (Å²) in [7, 11) is 0. The summed E-state index contributed by atoms with van der Waals surface area (Å²) in [6.07, 6.45) is 8.69. The molecule has 1 aliphatic carbocycles. The maximum absolute atomic E-state index is 10.8. The van der Waals surface area contributed by atoms with Gasteiger partial charge in [0, 0.05) is 13.0 Å². The molecule has 0 aromatic rings. The van der Waals surface area contributed by atoms with E-state index >= 15 is 0 Å². The van der Waals surface area contributed by atoms with Gasteiger partial charge in [0.25, 0.3) is 0 Å². The number of carboxylic acid groups (broad SMARTS) is 1. The number of ether oxygens (including phenoxy) is 1. The molecule has 0 amide bonds. The molecule has 1 saturated heterocycles. The second kappa shape index (κ2) is 5.38. The maximum atomic E-state index is 10.8. The van der Waals surface area contributed by atoms with E-state index < -0.39 is 5.97 Å². The summed E-state index contributed by atoms with van der Waals surface area (Å²) in [4.78, 5) is 10.8. The molecule has 1 spiro atoms. The van der Waals surface area contributed by atoms with Gasteiger partial charge >= 0.3 is 5.97 Å². The molecule has 2 rings (SSSR count). The van der Waals surface area contributed by atoms with Crippen LogP contribution in [0.2, 0.25) is 0 Å². The van der Waals surface area contributed by atoms with E-state index in [0.29, 0.717) is 12.3 Å². The van der Waals surface area contributed by atoms with E-state index in [1.165, 1.54) is 32.1 Å². The van der Waals surface area contributed by atoms with Gasteiger partial charge in [-0.05, 0) is 37.5 Å². The van der Waals surface area contributed by atoms with E-state index in [1.807, 2.05) is 0 Å². The topological polar surface area (TPSA) is 46.5 Å². The molecule has 1 heterocycles. The first kappa shape index (κ1) is 12.9. The molecular formula is C14H24O3. The van der Waals surface area contributed by atoms with Crippen LogP contribution in [-0.2, 0) is 9.53 Å². The van der Waals surface area contributed by atoms with Crippen molar-refractivity contribution in [2.24, 2.45) is 11.8 Å². The van der Waals surface area contributed by atoms with Gasteiger partial charge in [0.1, 0.15) is 0 Å².